The van der Waals surface area contributed by atoms with Gasteiger partial charge >= 0.3 is 5.97 Å². The lowest BCUT2D eigenvalue weighted by Gasteiger charge is -2.27. The van der Waals surface area contributed by atoms with E-state index in [1.165, 1.54) is 11.8 Å². The minimum Gasteiger partial charge on any atom is -0.480 e. The molecule has 0 rings (SSSR count). The second-order valence-corrected chi connectivity index (χ2v) is 4.87. The average Bonchev–Trinajstić information content (AvgIpc) is 2.18. The van der Waals surface area contributed by atoms with Crippen molar-refractivity contribution in [2.75, 3.05) is 12.3 Å². The van der Waals surface area contributed by atoms with Crippen LogP contribution in [0.1, 0.15) is 39.5 Å². The summed E-state index contributed by atoms with van der Waals surface area (Å²) in [5.74, 6) is 0.0380. The second-order valence-electron chi connectivity index (χ2n) is 3.39. The van der Waals surface area contributed by atoms with Crippen LogP contribution in [-0.2, 0) is 4.79 Å². The SMILES string of the molecule is CCCC[C@@](CC)(SCCN)C(=O)O. The molecular weight excluding hydrogens is 198 g/mol. The molecule has 4 heteroatoms. The highest BCUT2D eigenvalue weighted by Crippen LogP contribution is 2.34. The molecule has 0 aromatic heterocycles. The number of hydrogen-bond acceptors (Lipinski definition) is 3. The van der Waals surface area contributed by atoms with Crippen LogP contribution in [0.5, 0.6) is 0 Å². The van der Waals surface area contributed by atoms with E-state index in [9.17, 15) is 9.90 Å². The van der Waals surface area contributed by atoms with Crippen molar-refractivity contribution in [1.29, 1.82) is 0 Å². The topological polar surface area (TPSA) is 63.3 Å². The van der Waals surface area contributed by atoms with Crippen molar-refractivity contribution in [3.63, 3.8) is 0 Å². The van der Waals surface area contributed by atoms with Gasteiger partial charge in [0.2, 0.25) is 0 Å². The molecule has 0 aliphatic carbocycles. The molecular formula is C10H21NO2S. The van der Waals surface area contributed by atoms with Crippen LogP contribution in [-0.4, -0.2) is 28.1 Å². The van der Waals surface area contributed by atoms with Gasteiger partial charge in [-0.3, -0.25) is 4.79 Å². The first-order valence-electron chi connectivity index (χ1n) is 5.20. The summed E-state index contributed by atoms with van der Waals surface area (Å²) in [7, 11) is 0. The molecule has 3 N–H and O–H groups in total. The maximum atomic E-state index is 11.2. The molecule has 0 unspecified atom stereocenters. The van der Waals surface area contributed by atoms with Crippen LogP contribution in [0.2, 0.25) is 0 Å². The Morgan fingerprint density at radius 2 is 2.14 bits per heavy atom. The van der Waals surface area contributed by atoms with Gasteiger partial charge in [-0.1, -0.05) is 26.7 Å². The van der Waals surface area contributed by atoms with Gasteiger partial charge in [-0.05, 0) is 12.8 Å². The van der Waals surface area contributed by atoms with Gasteiger partial charge in [0.05, 0.1) is 0 Å². The zero-order chi connectivity index (χ0) is 11.0. The molecule has 0 radical (unpaired) electrons. The summed E-state index contributed by atoms with van der Waals surface area (Å²) in [4.78, 5) is 11.2. The van der Waals surface area contributed by atoms with E-state index in [4.69, 9.17) is 5.73 Å². The van der Waals surface area contributed by atoms with E-state index in [1.807, 2.05) is 6.92 Å². The zero-order valence-corrected chi connectivity index (χ0v) is 9.90. The fourth-order valence-corrected chi connectivity index (χ4v) is 2.51. The molecule has 0 bridgehead atoms. The fraction of sp³-hybridized carbons (Fsp3) is 0.900. The smallest absolute Gasteiger partial charge is 0.319 e. The Morgan fingerprint density at radius 1 is 1.50 bits per heavy atom. The molecule has 0 aromatic carbocycles. The number of aliphatic carboxylic acids is 1. The molecule has 84 valence electrons. The van der Waals surface area contributed by atoms with Crippen LogP contribution < -0.4 is 5.73 Å². The van der Waals surface area contributed by atoms with Gasteiger partial charge in [0.25, 0.3) is 0 Å². The maximum absolute atomic E-state index is 11.2. The van der Waals surface area contributed by atoms with Crippen LogP contribution in [0.25, 0.3) is 0 Å². The van der Waals surface area contributed by atoms with Crippen molar-refractivity contribution in [2.24, 2.45) is 5.73 Å². The molecule has 0 amide bonds. The van der Waals surface area contributed by atoms with Gasteiger partial charge in [-0.2, -0.15) is 0 Å². The maximum Gasteiger partial charge on any atom is 0.319 e. The summed E-state index contributed by atoms with van der Waals surface area (Å²) < 4.78 is -0.602. The number of thioether (sulfide) groups is 1. The molecule has 0 aliphatic rings. The van der Waals surface area contributed by atoms with E-state index in [2.05, 4.69) is 6.92 Å². The van der Waals surface area contributed by atoms with Crippen molar-refractivity contribution in [3.8, 4) is 0 Å². The predicted octanol–water partition coefficient (Wildman–Crippen LogP) is 2.10. The molecule has 0 spiro atoms. The average molecular weight is 219 g/mol. The Hall–Kier alpha value is -0.220. The summed E-state index contributed by atoms with van der Waals surface area (Å²) in [6.07, 6.45) is 3.43. The van der Waals surface area contributed by atoms with Gasteiger partial charge in [0.1, 0.15) is 4.75 Å². The van der Waals surface area contributed by atoms with Crippen LogP contribution in [0, 0.1) is 0 Å². The monoisotopic (exact) mass is 219 g/mol. The Morgan fingerprint density at radius 3 is 2.50 bits per heavy atom. The molecule has 3 nitrogen and oxygen atoms in total. The van der Waals surface area contributed by atoms with Crippen LogP contribution in [0.4, 0.5) is 0 Å². The number of carbonyl (C=O) groups is 1. The largest absolute Gasteiger partial charge is 0.480 e. The van der Waals surface area contributed by atoms with Gasteiger partial charge in [0, 0.05) is 12.3 Å². The third-order valence-electron chi connectivity index (χ3n) is 2.39. The van der Waals surface area contributed by atoms with Crippen molar-refractivity contribution in [1.82, 2.24) is 0 Å². The summed E-state index contributed by atoms with van der Waals surface area (Å²) >= 11 is 1.49. The summed E-state index contributed by atoms with van der Waals surface area (Å²) in [6.45, 7) is 4.56. The number of hydrogen-bond donors (Lipinski definition) is 2. The number of rotatable bonds is 8. The lowest BCUT2D eigenvalue weighted by atomic mass is 9.98. The molecule has 0 fully saturated rings. The summed E-state index contributed by atoms with van der Waals surface area (Å²) in [5.41, 5.74) is 5.41. The summed E-state index contributed by atoms with van der Waals surface area (Å²) in [5, 5.41) is 9.22. The van der Waals surface area contributed by atoms with E-state index >= 15 is 0 Å². The first-order chi connectivity index (χ1) is 6.63. The van der Waals surface area contributed by atoms with Crippen LogP contribution in [0.3, 0.4) is 0 Å². The van der Waals surface area contributed by atoms with Gasteiger partial charge in [-0.25, -0.2) is 0 Å². The molecule has 0 saturated carbocycles. The van der Waals surface area contributed by atoms with Crippen molar-refractivity contribution >= 4 is 17.7 Å². The molecule has 14 heavy (non-hydrogen) atoms. The standard InChI is InChI=1S/C10H21NO2S/c1-3-5-6-10(4-2,9(12)13)14-8-7-11/h3-8,11H2,1-2H3,(H,12,13)/t10-/m1/s1. The first kappa shape index (κ1) is 13.8. The van der Waals surface area contributed by atoms with E-state index < -0.39 is 10.7 Å². The molecule has 0 heterocycles. The lowest BCUT2D eigenvalue weighted by Crippen LogP contribution is -2.35. The van der Waals surface area contributed by atoms with Crippen LogP contribution >= 0.6 is 11.8 Å². The lowest BCUT2D eigenvalue weighted by molar-refractivity contribution is -0.140. The third kappa shape index (κ3) is 3.88. The van der Waals surface area contributed by atoms with E-state index in [1.54, 1.807) is 0 Å². The Balaban J connectivity index is 4.35. The number of carboxylic acid groups (broad SMARTS) is 1. The highest BCUT2D eigenvalue weighted by molar-refractivity contribution is 8.01. The normalized spacial score (nSPS) is 15.1. The third-order valence-corrected chi connectivity index (χ3v) is 4.05. The number of unbranched alkanes of at least 4 members (excludes halogenated alkanes) is 1. The van der Waals surface area contributed by atoms with Gasteiger partial charge in [0.15, 0.2) is 0 Å². The second kappa shape index (κ2) is 7.12. The Bertz CT molecular complexity index is 166. The quantitative estimate of drug-likeness (QED) is 0.656. The molecule has 1 atom stereocenters. The van der Waals surface area contributed by atoms with Crippen LogP contribution in [0.15, 0.2) is 0 Å². The predicted molar refractivity (Wildman–Crippen MR) is 61.7 cm³/mol. The van der Waals surface area contributed by atoms with Gasteiger partial charge < -0.3 is 10.8 Å². The van der Waals surface area contributed by atoms with Crippen molar-refractivity contribution < 1.29 is 9.90 Å². The minimum absolute atomic E-state index is 0.547. The van der Waals surface area contributed by atoms with Gasteiger partial charge in [-0.15, -0.1) is 11.8 Å². The highest BCUT2D eigenvalue weighted by Gasteiger charge is 2.36. The zero-order valence-electron chi connectivity index (χ0n) is 9.08. The molecule has 0 aromatic rings. The molecule has 0 saturated heterocycles. The van der Waals surface area contributed by atoms with Crippen molar-refractivity contribution in [3.05, 3.63) is 0 Å². The Labute approximate surface area is 90.4 Å². The van der Waals surface area contributed by atoms with E-state index in [0.29, 0.717) is 13.0 Å². The first-order valence-corrected chi connectivity index (χ1v) is 6.19. The summed E-state index contributed by atoms with van der Waals surface area (Å²) in [6, 6.07) is 0. The number of nitrogens with two attached hydrogens (primary N) is 1. The number of carboxylic acids is 1. The van der Waals surface area contributed by atoms with E-state index in [0.717, 1.165) is 25.0 Å². The fourth-order valence-electron chi connectivity index (χ4n) is 1.39. The molecule has 0 aliphatic heterocycles. The van der Waals surface area contributed by atoms with E-state index in [-0.39, 0.29) is 0 Å². The Kier molecular flexibility index (Phi) is 7.01. The van der Waals surface area contributed by atoms with Crippen molar-refractivity contribution in [2.45, 2.75) is 44.3 Å². The minimum atomic E-state index is -0.688. The highest BCUT2D eigenvalue weighted by atomic mass is 32.2.